The van der Waals surface area contributed by atoms with Crippen molar-refractivity contribution in [2.75, 3.05) is 6.61 Å². The van der Waals surface area contributed by atoms with Crippen LogP contribution in [0.4, 0.5) is 4.39 Å². The molecule has 0 atom stereocenters. The first-order valence-electron chi connectivity index (χ1n) is 6.50. The molecule has 0 fully saturated rings. The number of aromatic hydroxyl groups is 2. The lowest BCUT2D eigenvalue weighted by atomic mass is 10.1. The highest BCUT2D eigenvalue weighted by molar-refractivity contribution is 6.31. The number of nitrogens with zero attached hydrogens (tertiary/aromatic N) is 2. The second-order valence-corrected chi connectivity index (χ2v) is 5.19. The van der Waals surface area contributed by atoms with Crippen LogP contribution in [0.2, 0.25) is 5.02 Å². The molecule has 22 heavy (non-hydrogen) atoms. The second-order valence-electron chi connectivity index (χ2n) is 4.78. The smallest absolute Gasteiger partial charge is 0.158 e. The molecule has 0 radical (unpaired) electrons. The largest absolute Gasteiger partial charge is 0.504 e. The highest BCUT2D eigenvalue weighted by Gasteiger charge is 2.16. The number of aliphatic hydroxyl groups is 1. The maximum atomic E-state index is 13.7. The van der Waals surface area contributed by atoms with Crippen molar-refractivity contribution in [1.82, 2.24) is 9.78 Å². The quantitative estimate of drug-likeness (QED) is 0.648. The van der Waals surface area contributed by atoms with E-state index >= 15 is 0 Å². The number of halogens is 2. The van der Waals surface area contributed by atoms with Gasteiger partial charge < -0.3 is 15.3 Å². The molecule has 3 N–H and O–H groups in total. The first-order valence-corrected chi connectivity index (χ1v) is 6.88. The molecule has 7 heteroatoms. The van der Waals surface area contributed by atoms with Crippen molar-refractivity contribution in [2.45, 2.75) is 6.54 Å². The number of hydrogen-bond acceptors (Lipinski definition) is 4. The number of fused-ring (bicyclic) bond motifs is 1. The van der Waals surface area contributed by atoms with E-state index < -0.39 is 5.82 Å². The number of hydrogen-bond donors (Lipinski definition) is 3. The van der Waals surface area contributed by atoms with Gasteiger partial charge in [0.15, 0.2) is 11.5 Å². The normalized spacial score (nSPS) is 11.2. The molecule has 0 aliphatic heterocycles. The zero-order valence-corrected chi connectivity index (χ0v) is 12.0. The van der Waals surface area contributed by atoms with E-state index in [0.717, 1.165) is 0 Å². The molecule has 0 aliphatic carbocycles. The molecular weight excluding hydrogens is 311 g/mol. The summed E-state index contributed by atoms with van der Waals surface area (Å²) in [6.07, 6.45) is 0. The molecular formula is C15H12ClFN2O3. The summed E-state index contributed by atoms with van der Waals surface area (Å²) >= 11 is 5.84. The lowest BCUT2D eigenvalue weighted by Gasteiger charge is -2.01. The van der Waals surface area contributed by atoms with Gasteiger partial charge in [-0.2, -0.15) is 5.10 Å². The van der Waals surface area contributed by atoms with Crippen molar-refractivity contribution >= 4 is 22.5 Å². The van der Waals surface area contributed by atoms with Crippen molar-refractivity contribution in [3.63, 3.8) is 0 Å². The minimum absolute atomic E-state index is 0.0414. The highest BCUT2D eigenvalue weighted by Crippen LogP contribution is 2.35. The Morgan fingerprint density at radius 3 is 2.59 bits per heavy atom. The fourth-order valence-electron chi connectivity index (χ4n) is 2.32. The Balaban J connectivity index is 2.28. The van der Waals surface area contributed by atoms with Gasteiger partial charge in [0.1, 0.15) is 11.5 Å². The lowest BCUT2D eigenvalue weighted by Crippen LogP contribution is -2.03. The molecule has 0 saturated heterocycles. The predicted molar refractivity (Wildman–Crippen MR) is 80.6 cm³/mol. The Hall–Kier alpha value is -2.31. The van der Waals surface area contributed by atoms with Gasteiger partial charge >= 0.3 is 0 Å². The van der Waals surface area contributed by atoms with Crippen LogP contribution < -0.4 is 0 Å². The van der Waals surface area contributed by atoms with E-state index in [4.69, 9.17) is 16.7 Å². The van der Waals surface area contributed by atoms with Gasteiger partial charge in [0.05, 0.1) is 23.7 Å². The SMILES string of the molecule is OCCn1nc(-c2ccc(O)c(O)c2)c2cc(Cl)c(F)cc21. The molecule has 0 saturated carbocycles. The minimum atomic E-state index is -0.576. The van der Waals surface area contributed by atoms with Crippen LogP contribution in [-0.4, -0.2) is 31.7 Å². The second kappa shape index (κ2) is 5.47. The Kier molecular flexibility index (Phi) is 3.64. The van der Waals surface area contributed by atoms with Crippen LogP contribution in [0, 0.1) is 5.82 Å². The van der Waals surface area contributed by atoms with E-state index in [-0.39, 0.29) is 29.7 Å². The molecule has 2 aromatic carbocycles. The first kappa shape index (κ1) is 14.6. The van der Waals surface area contributed by atoms with E-state index in [2.05, 4.69) is 5.10 Å². The Morgan fingerprint density at radius 1 is 1.14 bits per heavy atom. The van der Waals surface area contributed by atoms with Crippen LogP contribution in [0.25, 0.3) is 22.2 Å². The summed E-state index contributed by atoms with van der Waals surface area (Å²) < 4.78 is 15.2. The molecule has 0 spiro atoms. The van der Waals surface area contributed by atoms with Crippen molar-refractivity contribution < 1.29 is 19.7 Å². The van der Waals surface area contributed by atoms with E-state index in [1.807, 2.05) is 0 Å². The number of benzene rings is 2. The van der Waals surface area contributed by atoms with Gasteiger partial charge in [-0.05, 0) is 24.3 Å². The molecule has 1 aromatic heterocycles. The van der Waals surface area contributed by atoms with Crippen LogP contribution in [0.15, 0.2) is 30.3 Å². The van der Waals surface area contributed by atoms with Crippen LogP contribution in [-0.2, 0) is 6.54 Å². The van der Waals surface area contributed by atoms with Gasteiger partial charge in [0, 0.05) is 17.0 Å². The number of phenolic OH excluding ortho intramolecular Hbond substituents is 2. The molecule has 0 aliphatic rings. The summed E-state index contributed by atoms with van der Waals surface area (Å²) in [5, 5.41) is 33.0. The van der Waals surface area contributed by atoms with Crippen LogP contribution in [0.5, 0.6) is 11.5 Å². The van der Waals surface area contributed by atoms with Crippen molar-refractivity contribution in [3.05, 3.63) is 41.2 Å². The van der Waals surface area contributed by atoms with Crippen molar-refractivity contribution in [1.29, 1.82) is 0 Å². The zero-order chi connectivity index (χ0) is 15.9. The highest BCUT2D eigenvalue weighted by atomic mass is 35.5. The fraction of sp³-hybridized carbons (Fsp3) is 0.133. The summed E-state index contributed by atoms with van der Waals surface area (Å²) in [7, 11) is 0. The number of aromatic nitrogens is 2. The Morgan fingerprint density at radius 2 is 1.91 bits per heavy atom. The maximum absolute atomic E-state index is 13.7. The van der Waals surface area contributed by atoms with Crippen LogP contribution >= 0.6 is 11.6 Å². The third-order valence-corrected chi connectivity index (χ3v) is 3.64. The third-order valence-electron chi connectivity index (χ3n) is 3.35. The topological polar surface area (TPSA) is 78.5 Å². The number of aliphatic hydroxyl groups excluding tert-OH is 1. The number of phenols is 2. The summed E-state index contributed by atoms with van der Waals surface area (Å²) in [5.74, 6) is -1.10. The monoisotopic (exact) mass is 322 g/mol. The van der Waals surface area contributed by atoms with Gasteiger partial charge in [-0.25, -0.2) is 4.39 Å². The maximum Gasteiger partial charge on any atom is 0.158 e. The average Bonchev–Trinajstić information content (AvgIpc) is 2.81. The summed E-state index contributed by atoms with van der Waals surface area (Å²) in [5.41, 5.74) is 1.50. The summed E-state index contributed by atoms with van der Waals surface area (Å²) in [6.45, 7) is 0.0446. The zero-order valence-electron chi connectivity index (χ0n) is 11.3. The molecule has 0 amide bonds. The van der Waals surface area contributed by atoms with E-state index in [1.54, 1.807) is 6.07 Å². The van der Waals surface area contributed by atoms with E-state index in [0.29, 0.717) is 22.2 Å². The molecule has 3 aromatic rings. The predicted octanol–water partition coefficient (Wildman–Crippen LogP) is 2.90. The molecule has 114 valence electrons. The minimum Gasteiger partial charge on any atom is -0.504 e. The fourth-order valence-corrected chi connectivity index (χ4v) is 2.48. The van der Waals surface area contributed by atoms with Crippen LogP contribution in [0.3, 0.4) is 0 Å². The molecule has 1 heterocycles. The van der Waals surface area contributed by atoms with Gasteiger partial charge in [-0.1, -0.05) is 11.6 Å². The van der Waals surface area contributed by atoms with Crippen LogP contribution in [0.1, 0.15) is 0 Å². The first-order chi connectivity index (χ1) is 10.5. The summed E-state index contributed by atoms with van der Waals surface area (Å²) in [4.78, 5) is 0. The Labute approximate surface area is 129 Å². The van der Waals surface area contributed by atoms with Gasteiger partial charge in [0.25, 0.3) is 0 Å². The standard InChI is InChI=1S/C15H12ClFN2O3/c16-10-6-9-12(7-11(10)17)19(3-4-20)18-15(9)8-1-2-13(21)14(22)5-8/h1-2,5-7,20-22H,3-4H2. The molecule has 5 nitrogen and oxygen atoms in total. The molecule has 0 bridgehead atoms. The number of rotatable bonds is 3. The summed E-state index contributed by atoms with van der Waals surface area (Å²) in [6, 6.07) is 6.98. The van der Waals surface area contributed by atoms with Gasteiger partial charge in [0.2, 0.25) is 0 Å². The Bertz CT molecular complexity index is 864. The third kappa shape index (κ3) is 2.36. The van der Waals surface area contributed by atoms with E-state index in [1.165, 1.54) is 28.9 Å². The molecule has 0 unspecified atom stereocenters. The average molecular weight is 323 g/mol. The van der Waals surface area contributed by atoms with Gasteiger partial charge in [-0.15, -0.1) is 0 Å². The van der Waals surface area contributed by atoms with Crippen molar-refractivity contribution in [2.24, 2.45) is 0 Å². The van der Waals surface area contributed by atoms with E-state index in [9.17, 15) is 14.6 Å². The lowest BCUT2D eigenvalue weighted by molar-refractivity contribution is 0.272. The van der Waals surface area contributed by atoms with Crippen molar-refractivity contribution in [3.8, 4) is 22.8 Å². The molecule has 3 rings (SSSR count). The van der Waals surface area contributed by atoms with Gasteiger partial charge in [-0.3, -0.25) is 4.68 Å².